The third-order valence-corrected chi connectivity index (χ3v) is 2.47. The Bertz CT molecular complexity index is 138. The Labute approximate surface area is 86.3 Å². The minimum Gasteiger partial charge on any atom is -0.381 e. The molecule has 0 spiro atoms. The molecule has 0 aromatic heterocycles. The normalized spacial score (nSPS) is 22.1. The summed E-state index contributed by atoms with van der Waals surface area (Å²) in [5.74, 6) is 0.717. The first-order valence-electron chi connectivity index (χ1n) is 5.37. The van der Waals surface area contributed by atoms with Crippen molar-refractivity contribution in [1.29, 1.82) is 0 Å². The van der Waals surface area contributed by atoms with Gasteiger partial charge in [0.2, 0.25) is 0 Å². The summed E-state index contributed by atoms with van der Waals surface area (Å²) >= 11 is 0. The second kappa shape index (κ2) is 7.17. The molecule has 0 bridgehead atoms. The smallest absolute Gasteiger partial charge is 0.0593 e. The predicted octanol–water partition coefficient (Wildman–Crippen LogP) is -0.0700. The van der Waals surface area contributed by atoms with Gasteiger partial charge in [0.1, 0.15) is 0 Å². The van der Waals surface area contributed by atoms with Gasteiger partial charge >= 0.3 is 0 Å². The molecule has 1 saturated heterocycles. The Kier molecular flexibility index (Phi) is 6.10. The molecule has 1 aliphatic heterocycles. The van der Waals surface area contributed by atoms with Crippen LogP contribution in [0.2, 0.25) is 0 Å². The molecule has 2 N–H and O–H groups in total. The van der Waals surface area contributed by atoms with Gasteiger partial charge in [-0.05, 0) is 19.4 Å². The van der Waals surface area contributed by atoms with E-state index < -0.39 is 0 Å². The number of ether oxygens (including phenoxy) is 2. The molecule has 0 saturated carbocycles. The van der Waals surface area contributed by atoms with Crippen LogP contribution >= 0.6 is 0 Å². The highest BCUT2D eigenvalue weighted by Gasteiger charge is 2.16. The maximum Gasteiger partial charge on any atom is 0.0593 e. The lowest BCUT2D eigenvalue weighted by Gasteiger charge is -2.19. The first-order valence-corrected chi connectivity index (χ1v) is 5.37. The molecule has 4 nitrogen and oxygen atoms in total. The lowest BCUT2D eigenvalue weighted by atomic mass is 10.1. The van der Waals surface area contributed by atoms with E-state index in [0.717, 1.165) is 38.8 Å². The minimum atomic E-state index is 0.611. The molecular weight excluding hydrogens is 180 g/mol. The molecule has 1 atom stereocenters. The summed E-state index contributed by atoms with van der Waals surface area (Å²) in [7, 11) is 2.13. The molecule has 4 heteroatoms. The molecule has 1 heterocycles. The van der Waals surface area contributed by atoms with Crippen molar-refractivity contribution in [3.05, 3.63) is 0 Å². The molecule has 0 aliphatic carbocycles. The zero-order valence-electron chi connectivity index (χ0n) is 9.08. The number of nitrogens with two attached hydrogens (primary N) is 1. The lowest BCUT2D eigenvalue weighted by Crippen LogP contribution is -2.29. The van der Waals surface area contributed by atoms with Crippen molar-refractivity contribution in [3.63, 3.8) is 0 Å². The van der Waals surface area contributed by atoms with Crippen molar-refractivity contribution in [3.8, 4) is 0 Å². The van der Waals surface area contributed by atoms with Gasteiger partial charge in [-0.15, -0.1) is 0 Å². The van der Waals surface area contributed by atoms with Crippen LogP contribution in [0.3, 0.4) is 0 Å². The summed E-state index contributed by atoms with van der Waals surface area (Å²) in [4.78, 5) is 2.30. The number of hydrogen-bond donors (Lipinski definition) is 1. The second-order valence-electron chi connectivity index (χ2n) is 3.89. The third kappa shape index (κ3) is 4.91. The first-order chi connectivity index (χ1) is 6.83. The van der Waals surface area contributed by atoms with Gasteiger partial charge in [-0.2, -0.15) is 0 Å². The van der Waals surface area contributed by atoms with Crippen LogP contribution in [-0.2, 0) is 9.47 Å². The fourth-order valence-electron chi connectivity index (χ4n) is 1.67. The molecule has 0 radical (unpaired) electrons. The monoisotopic (exact) mass is 202 g/mol. The van der Waals surface area contributed by atoms with Gasteiger partial charge in [0.15, 0.2) is 0 Å². The molecule has 1 fully saturated rings. The number of nitrogens with zero attached hydrogens (tertiary/aromatic N) is 1. The van der Waals surface area contributed by atoms with E-state index in [-0.39, 0.29) is 0 Å². The summed E-state index contributed by atoms with van der Waals surface area (Å²) < 4.78 is 10.6. The first kappa shape index (κ1) is 11.9. The van der Waals surface area contributed by atoms with E-state index in [0.29, 0.717) is 13.2 Å². The summed E-state index contributed by atoms with van der Waals surface area (Å²) in [6, 6.07) is 0. The zero-order chi connectivity index (χ0) is 10.2. The van der Waals surface area contributed by atoms with Gasteiger partial charge in [0, 0.05) is 26.2 Å². The van der Waals surface area contributed by atoms with Crippen LogP contribution in [0.5, 0.6) is 0 Å². The molecule has 0 aromatic rings. The molecule has 0 amide bonds. The molecule has 1 unspecified atom stereocenters. The van der Waals surface area contributed by atoms with Crippen molar-refractivity contribution < 1.29 is 9.47 Å². The minimum absolute atomic E-state index is 0.611. The van der Waals surface area contributed by atoms with Gasteiger partial charge in [0.25, 0.3) is 0 Å². The Hall–Kier alpha value is -0.160. The van der Waals surface area contributed by atoms with Crippen LogP contribution in [-0.4, -0.2) is 58.0 Å². The fourth-order valence-corrected chi connectivity index (χ4v) is 1.67. The summed E-state index contributed by atoms with van der Waals surface area (Å²) in [5.41, 5.74) is 5.32. The Morgan fingerprint density at radius 2 is 2.36 bits per heavy atom. The topological polar surface area (TPSA) is 47.7 Å². The van der Waals surface area contributed by atoms with E-state index in [2.05, 4.69) is 11.9 Å². The molecule has 0 aromatic carbocycles. The Balaban J connectivity index is 1.95. The zero-order valence-corrected chi connectivity index (χ0v) is 9.08. The number of hydrogen-bond acceptors (Lipinski definition) is 4. The van der Waals surface area contributed by atoms with E-state index in [9.17, 15) is 0 Å². The van der Waals surface area contributed by atoms with Crippen molar-refractivity contribution in [2.24, 2.45) is 11.7 Å². The molecule has 1 aliphatic rings. The lowest BCUT2D eigenvalue weighted by molar-refractivity contribution is 0.110. The summed E-state index contributed by atoms with van der Waals surface area (Å²) in [5, 5.41) is 0. The standard InChI is InChI=1S/C10H22N2O2/c1-12(4-7-13-6-3-11)8-10-2-5-14-9-10/h10H,2-9,11H2,1H3. The molecule has 84 valence electrons. The van der Waals surface area contributed by atoms with E-state index in [4.69, 9.17) is 15.2 Å². The largest absolute Gasteiger partial charge is 0.381 e. The van der Waals surface area contributed by atoms with E-state index in [1.165, 1.54) is 6.42 Å². The highest BCUT2D eigenvalue weighted by Crippen LogP contribution is 2.12. The Morgan fingerprint density at radius 3 is 3.00 bits per heavy atom. The number of rotatable bonds is 7. The van der Waals surface area contributed by atoms with Gasteiger partial charge in [-0.1, -0.05) is 0 Å². The highest BCUT2D eigenvalue weighted by molar-refractivity contribution is 4.67. The fraction of sp³-hybridized carbons (Fsp3) is 1.00. The van der Waals surface area contributed by atoms with Crippen LogP contribution in [0.25, 0.3) is 0 Å². The third-order valence-electron chi connectivity index (χ3n) is 2.47. The summed E-state index contributed by atoms with van der Waals surface area (Å²) in [6.45, 7) is 6.01. The number of likely N-dealkylation sites (N-methyl/N-ethyl adjacent to an activating group) is 1. The predicted molar refractivity (Wildman–Crippen MR) is 56.3 cm³/mol. The van der Waals surface area contributed by atoms with Crippen molar-refractivity contribution in [2.45, 2.75) is 6.42 Å². The van der Waals surface area contributed by atoms with E-state index in [1.807, 2.05) is 0 Å². The van der Waals surface area contributed by atoms with E-state index in [1.54, 1.807) is 0 Å². The Morgan fingerprint density at radius 1 is 1.50 bits per heavy atom. The quantitative estimate of drug-likeness (QED) is 0.587. The maximum absolute atomic E-state index is 5.33. The van der Waals surface area contributed by atoms with Gasteiger partial charge in [-0.25, -0.2) is 0 Å². The van der Waals surface area contributed by atoms with Gasteiger partial charge in [0.05, 0.1) is 19.8 Å². The highest BCUT2D eigenvalue weighted by atomic mass is 16.5. The molecule has 14 heavy (non-hydrogen) atoms. The van der Waals surface area contributed by atoms with Crippen molar-refractivity contribution in [1.82, 2.24) is 4.90 Å². The van der Waals surface area contributed by atoms with Crippen molar-refractivity contribution >= 4 is 0 Å². The maximum atomic E-state index is 5.33. The van der Waals surface area contributed by atoms with Crippen LogP contribution in [0.15, 0.2) is 0 Å². The van der Waals surface area contributed by atoms with Gasteiger partial charge in [-0.3, -0.25) is 0 Å². The van der Waals surface area contributed by atoms with E-state index >= 15 is 0 Å². The summed E-state index contributed by atoms with van der Waals surface area (Å²) in [6.07, 6.45) is 1.20. The van der Waals surface area contributed by atoms with Gasteiger partial charge < -0.3 is 20.1 Å². The molecule has 1 rings (SSSR count). The average Bonchev–Trinajstić information content (AvgIpc) is 2.65. The van der Waals surface area contributed by atoms with Crippen LogP contribution in [0.4, 0.5) is 0 Å². The van der Waals surface area contributed by atoms with Crippen LogP contribution in [0, 0.1) is 5.92 Å². The van der Waals surface area contributed by atoms with Crippen LogP contribution < -0.4 is 5.73 Å². The molecular formula is C10H22N2O2. The average molecular weight is 202 g/mol. The SMILES string of the molecule is CN(CCOCCN)CC1CCOC1. The van der Waals surface area contributed by atoms with Crippen LogP contribution in [0.1, 0.15) is 6.42 Å². The van der Waals surface area contributed by atoms with Crippen molar-refractivity contribution in [2.75, 3.05) is 53.1 Å². The second-order valence-corrected chi connectivity index (χ2v) is 3.89.